The number of ether oxygens (including phenoxy) is 3. The van der Waals surface area contributed by atoms with Crippen LogP contribution in [0.4, 0.5) is 5.69 Å². The Labute approximate surface area is 159 Å². The van der Waals surface area contributed by atoms with E-state index in [9.17, 15) is 4.79 Å². The molecule has 0 aliphatic rings. The summed E-state index contributed by atoms with van der Waals surface area (Å²) in [6, 6.07) is 12.2. The Morgan fingerprint density at radius 1 is 1.08 bits per heavy atom. The summed E-state index contributed by atoms with van der Waals surface area (Å²) in [6.07, 6.45) is 1.01. The second-order valence-corrected chi connectivity index (χ2v) is 6.62. The average molecular weight is 378 g/mol. The van der Waals surface area contributed by atoms with Crippen LogP contribution < -0.4 is 19.5 Å². The number of benzene rings is 2. The van der Waals surface area contributed by atoms with Gasteiger partial charge in [0, 0.05) is 5.02 Å². The van der Waals surface area contributed by atoms with Crippen LogP contribution in [0.2, 0.25) is 5.02 Å². The molecule has 0 aliphatic heterocycles. The highest BCUT2D eigenvalue weighted by Crippen LogP contribution is 2.27. The second-order valence-electron chi connectivity index (χ2n) is 6.18. The molecular formula is C20H24ClNO4. The third kappa shape index (κ3) is 6.48. The number of halogens is 1. The Hall–Kier alpha value is -2.40. The summed E-state index contributed by atoms with van der Waals surface area (Å²) >= 11 is 5.95. The average Bonchev–Trinajstić information content (AvgIpc) is 2.61. The third-order valence-electron chi connectivity index (χ3n) is 3.59. The minimum absolute atomic E-state index is 0.122. The smallest absolute Gasteiger partial charge is 0.262 e. The molecule has 0 aromatic heterocycles. The van der Waals surface area contributed by atoms with E-state index in [0.29, 0.717) is 34.7 Å². The Kier molecular flexibility index (Phi) is 7.60. The zero-order chi connectivity index (χ0) is 18.9. The number of nitrogens with one attached hydrogen (secondary N) is 1. The minimum Gasteiger partial charge on any atom is -0.495 e. The lowest BCUT2D eigenvalue weighted by Gasteiger charge is -2.12. The van der Waals surface area contributed by atoms with E-state index < -0.39 is 0 Å². The highest BCUT2D eigenvalue weighted by molar-refractivity contribution is 6.31. The predicted molar refractivity (Wildman–Crippen MR) is 104 cm³/mol. The molecule has 0 unspecified atom stereocenters. The van der Waals surface area contributed by atoms with Gasteiger partial charge in [0.2, 0.25) is 0 Å². The number of carbonyl (C=O) groups excluding carboxylic acids is 1. The zero-order valence-corrected chi connectivity index (χ0v) is 16.0. The molecule has 0 heterocycles. The fourth-order valence-electron chi connectivity index (χ4n) is 2.16. The van der Waals surface area contributed by atoms with Crippen molar-refractivity contribution in [2.75, 3.05) is 25.6 Å². The van der Waals surface area contributed by atoms with Crippen molar-refractivity contribution < 1.29 is 19.0 Å². The molecule has 0 saturated heterocycles. The van der Waals surface area contributed by atoms with E-state index in [1.807, 2.05) is 12.1 Å². The van der Waals surface area contributed by atoms with Gasteiger partial charge in [-0.1, -0.05) is 25.4 Å². The van der Waals surface area contributed by atoms with E-state index in [1.54, 1.807) is 30.3 Å². The molecule has 140 valence electrons. The van der Waals surface area contributed by atoms with Crippen LogP contribution in [0.25, 0.3) is 0 Å². The fraction of sp³-hybridized carbons (Fsp3) is 0.350. The maximum absolute atomic E-state index is 12.1. The Morgan fingerprint density at radius 2 is 1.73 bits per heavy atom. The first-order valence-electron chi connectivity index (χ1n) is 8.47. The molecule has 0 spiro atoms. The molecule has 0 bridgehead atoms. The van der Waals surface area contributed by atoms with E-state index in [0.717, 1.165) is 12.2 Å². The van der Waals surface area contributed by atoms with Gasteiger partial charge in [-0.05, 0) is 54.8 Å². The number of amides is 1. The normalized spacial score (nSPS) is 10.5. The van der Waals surface area contributed by atoms with Crippen LogP contribution in [0.15, 0.2) is 42.5 Å². The zero-order valence-electron chi connectivity index (χ0n) is 15.3. The van der Waals surface area contributed by atoms with E-state index in [1.165, 1.54) is 7.11 Å². The SMILES string of the molecule is COc1ccc(Cl)cc1NC(=O)COc1ccc(OCCC(C)C)cc1. The van der Waals surface area contributed by atoms with Crippen LogP contribution in [0, 0.1) is 5.92 Å². The first kappa shape index (κ1) is 19.9. The molecule has 0 aliphatic carbocycles. The quantitative estimate of drug-likeness (QED) is 0.682. The molecule has 0 fully saturated rings. The van der Waals surface area contributed by atoms with Crippen molar-refractivity contribution in [3.63, 3.8) is 0 Å². The number of carbonyl (C=O) groups is 1. The van der Waals surface area contributed by atoms with Gasteiger partial charge in [-0.2, -0.15) is 0 Å². The largest absolute Gasteiger partial charge is 0.495 e. The standard InChI is InChI=1S/C20H24ClNO4/c1-14(2)10-11-25-16-5-7-17(8-6-16)26-13-20(23)22-18-12-15(21)4-9-19(18)24-3/h4-9,12,14H,10-11,13H2,1-3H3,(H,22,23). The topological polar surface area (TPSA) is 56.8 Å². The molecule has 0 saturated carbocycles. The molecular weight excluding hydrogens is 354 g/mol. The van der Waals surface area contributed by atoms with Crippen LogP contribution in [-0.2, 0) is 4.79 Å². The Bertz CT molecular complexity index is 716. The lowest BCUT2D eigenvalue weighted by molar-refractivity contribution is -0.118. The van der Waals surface area contributed by atoms with E-state index in [2.05, 4.69) is 19.2 Å². The lowest BCUT2D eigenvalue weighted by atomic mass is 10.1. The van der Waals surface area contributed by atoms with Gasteiger partial charge in [0.1, 0.15) is 17.2 Å². The van der Waals surface area contributed by atoms with E-state index in [4.69, 9.17) is 25.8 Å². The lowest BCUT2D eigenvalue weighted by Crippen LogP contribution is -2.20. The summed E-state index contributed by atoms with van der Waals surface area (Å²) in [5, 5.41) is 3.23. The molecule has 6 heteroatoms. The van der Waals surface area contributed by atoms with Crippen molar-refractivity contribution in [3.8, 4) is 17.2 Å². The maximum atomic E-state index is 12.1. The van der Waals surface area contributed by atoms with Gasteiger partial charge in [-0.3, -0.25) is 4.79 Å². The van der Waals surface area contributed by atoms with Crippen molar-refractivity contribution in [2.45, 2.75) is 20.3 Å². The van der Waals surface area contributed by atoms with Gasteiger partial charge in [-0.25, -0.2) is 0 Å². The van der Waals surface area contributed by atoms with Gasteiger partial charge < -0.3 is 19.5 Å². The van der Waals surface area contributed by atoms with Gasteiger partial charge >= 0.3 is 0 Å². The molecule has 0 atom stereocenters. The molecule has 26 heavy (non-hydrogen) atoms. The first-order valence-corrected chi connectivity index (χ1v) is 8.84. The van der Waals surface area contributed by atoms with Crippen LogP contribution in [0.5, 0.6) is 17.2 Å². The maximum Gasteiger partial charge on any atom is 0.262 e. The van der Waals surface area contributed by atoms with E-state index in [-0.39, 0.29) is 12.5 Å². The number of hydrogen-bond donors (Lipinski definition) is 1. The molecule has 0 radical (unpaired) electrons. The van der Waals surface area contributed by atoms with E-state index >= 15 is 0 Å². The summed E-state index contributed by atoms with van der Waals surface area (Å²) in [5.41, 5.74) is 0.502. The second kappa shape index (κ2) is 9.92. The number of methoxy groups -OCH3 is 1. The highest BCUT2D eigenvalue weighted by Gasteiger charge is 2.09. The molecule has 1 N–H and O–H groups in total. The number of hydrogen-bond acceptors (Lipinski definition) is 4. The summed E-state index contributed by atoms with van der Waals surface area (Å²) in [7, 11) is 1.53. The predicted octanol–water partition coefficient (Wildman–Crippen LogP) is 4.79. The third-order valence-corrected chi connectivity index (χ3v) is 3.83. The van der Waals surface area contributed by atoms with Crippen molar-refractivity contribution in [3.05, 3.63) is 47.5 Å². The van der Waals surface area contributed by atoms with Gasteiger partial charge in [0.05, 0.1) is 19.4 Å². The molecule has 2 aromatic rings. The minimum atomic E-state index is -0.303. The van der Waals surface area contributed by atoms with Crippen LogP contribution in [0.3, 0.4) is 0 Å². The van der Waals surface area contributed by atoms with Crippen molar-refractivity contribution >= 4 is 23.2 Å². The van der Waals surface area contributed by atoms with Gasteiger partial charge in [0.25, 0.3) is 5.91 Å². The Balaban J connectivity index is 1.83. The van der Waals surface area contributed by atoms with Crippen LogP contribution in [-0.4, -0.2) is 26.2 Å². The van der Waals surface area contributed by atoms with Crippen molar-refractivity contribution in [1.29, 1.82) is 0 Å². The highest BCUT2D eigenvalue weighted by atomic mass is 35.5. The molecule has 1 amide bonds. The summed E-state index contributed by atoms with van der Waals surface area (Å²) < 4.78 is 16.3. The molecule has 2 aromatic carbocycles. The summed E-state index contributed by atoms with van der Waals surface area (Å²) in [5.74, 6) is 2.21. The van der Waals surface area contributed by atoms with Crippen LogP contribution in [0.1, 0.15) is 20.3 Å². The van der Waals surface area contributed by atoms with Gasteiger partial charge in [0.15, 0.2) is 6.61 Å². The monoisotopic (exact) mass is 377 g/mol. The number of anilines is 1. The van der Waals surface area contributed by atoms with Crippen molar-refractivity contribution in [1.82, 2.24) is 0 Å². The van der Waals surface area contributed by atoms with Crippen LogP contribution >= 0.6 is 11.6 Å². The van der Waals surface area contributed by atoms with Crippen molar-refractivity contribution in [2.24, 2.45) is 5.92 Å². The molecule has 5 nitrogen and oxygen atoms in total. The molecule has 2 rings (SSSR count). The van der Waals surface area contributed by atoms with Gasteiger partial charge in [-0.15, -0.1) is 0 Å². The first-order chi connectivity index (χ1) is 12.5. The summed E-state index contributed by atoms with van der Waals surface area (Å²) in [4.78, 5) is 12.1. The Morgan fingerprint density at radius 3 is 2.35 bits per heavy atom. The summed E-state index contributed by atoms with van der Waals surface area (Å²) in [6.45, 7) is 4.87. The number of rotatable bonds is 9. The fourth-order valence-corrected chi connectivity index (χ4v) is 2.33.